The van der Waals surface area contributed by atoms with Gasteiger partial charge >= 0.3 is 6.03 Å². The summed E-state index contributed by atoms with van der Waals surface area (Å²) in [5, 5.41) is 14.7. The highest BCUT2D eigenvalue weighted by Gasteiger charge is 2.10. The molecule has 0 aliphatic rings. The van der Waals surface area contributed by atoms with E-state index in [1.807, 2.05) is 12.1 Å². The molecule has 0 saturated carbocycles. The third-order valence-electron chi connectivity index (χ3n) is 3.94. The van der Waals surface area contributed by atoms with Crippen LogP contribution in [0.2, 0.25) is 10.0 Å². The van der Waals surface area contributed by atoms with Gasteiger partial charge < -0.3 is 10.6 Å². The van der Waals surface area contributed by atoms with Crippen molar-refractivity contribution in [1.82, 2.24) is 10.5 Å². The molecule has 1 heterocycles. The molecule has 2 aromatic carbocycles. The minimum atomic E-state index is -0.677. The maximum absolute atomic E-state index is 12.4. The topological polar surface area (TPSA) is 103 Å². The van der Waals surface area contributed by atoms with Crippen LogP contribution in [0.1, 0.15) is 5.56 Å². The molecule has 0 atom stereocenters. The summed E-state index contributed by atoms with van der Waals surface area (Å²) in [7, 11) is 0. The van der Waals surface area contributed by atoms with Gasteiger partial charge in [0.25, 0.3) is 5.91 Å². The van der Waals surface area contributed by atoms with E-state index in [0.717, 1.165) is 6.08 Å². The highest BCUT2D eigenvalue weighted by atomic mass is 35.5. The summed E-state index contributed by atoms with van der Waals surface area (Å²) in [4.78, 5) is 27.8. The van der Waals surface area contributed by atoms with Gasteiger partial charge in [-0.05, 0) is 54.1 Å². The second kappa shape index (κ2) is 9.89. The van der Waals surface area contributed by atoms with Gasteiger partial charge in [0.1, 0.15) is 0 Å². The van der Waals surface area contributed by atoms with Crippen molar-refractivity contribution < 1.29 is 14.8 Å². The van der Waals surface area contributed by atoms with E-state index in [1.54, 1.807) is 48.7 Å². The zero-order chi connectivity index (χ0) is 21.5. The third kappa shape index (κ3) is 5.57. The van der Waals surface area contributed by atoms with Crippen LogP contribution in [0.15, 0.2) is 66.9 Å². The highest BCUT2D eigenvalue weighted by Crippen LogP contribution is 2.29. The lowest BCUT2D eigenvalue weighted by molar-refractivity contribution is -0.124. The number of hydrogen-bond acceptors (Lipinski definition) is 4. The molecule has 7 nitrogen and oxygen atoms in total. The van der Waals surface area contributed by atoms with Gasteiger partial charge in [0.15, 0.2) is 0 Å². The molecule has 0 radical (unpaired) electrons. The summed E-state index contributed by atoms with van der Waals surface area (Å²) in [6.45, 7) is 0. The fourth-order valence-electron chi connectivity index (χ4n) is 2.56. The number of rotatable bonds is 5. The molecule has 0 aliphatic heterocycles. The monoisotopic (exact) mass is 442 g/mol. The Morgan fingerprint density at radius 1 is 0.967 bits per heavy atom. The molecule has 0 unspecified atom stereocenters. The van der Waals surface area contributed by atoms with Gasteiger partial charge in [0.05, 0.1) is 21.4 Å². The Kier molecular flexibility index (Phi) is 7.03. The number of nitrogens with zero attached hydrogens (tertiary/aromatic N) is 1. The van der Waals surface area contributed by atoms with Crippen LogP contribution < -0.4 is 16.1 Å². The number of pyridine rings is 1. The summed E-state index contributed by atoms with van der Waals surface area (Å²) >= 11 is 12.4. The first kappa shape index (κ1) is 21.3. The van der Waals surface area contributed by atoms with Crippen LogP contribution in [0, 0.1) is 0 Å². The molecular weight excluding hydrogens is 427 g/mol. The highest BCUT2D eigenvalue weighted by molar-refractivity contribution is 6.34. The number of aromatic nitrogens is 1. The largest absolute Gasteiger partial charge is 0.323 e. The number of hydroxylamine groups is 1. The summed E-state index contributed by atoms with van der Waals surface area (Å²) in [6, 6.07) is 14.8. The Hall–Kier alpha value is -3.39. The average Bonchev–Trinajstić information content (AvgIpc) is 2.76. The van der Waals surface area contributed by atoms with Crippen molar-refractivity contribution in [1.29, 1.82) is 0 Å². The van der Waals surface area contributed by atoms with Crippen LogP contribution in [0.3, 0.4) is 0 Å². The Bertz CT molecular complexity index is 1100. The van der Waals surface area contributed by atoms with Crippen LogP contribution in [0.5, 0.6) is 0 Å². The van der Waals surface area contributed by atoms with E-state index in [2.05, 4.69) is 15.6 Å². The van der Waals surface area contributed by atoms with Crippen LogP contribution in [-0.4, -0.2) is 22.1 Å². The fraction of sp³-hybridized carbons (Fsp3) is 0. The van der Waals surface area contributed by atoms with E-state index < -0.39 is 11.9 Å². The Morgan fingerprint density at radius 2 is 1.77 bits per heavy atom. The van der Waals surface area contributed by atoms with Crippen molar-refractivity contribution in [3.05, 3.63) is 82.5 Å². The first-order valence-electron chi connectivity index (χ1n) is 8.67. The molecule has 0 fully saturated rings. The van der Waals surface area contributed by atoms with Crippen molar-refractivity contribution in [3.63, 3.8) is 0 Å². The summed E-state index contributed by atoms with van der Waals surface area (Å²) < 4.78 is 0. The quantitative estimate of drug-likeness (QED) is 0.247. The van der Waals surface area contributed by atoms with E-state index in [4.69, 9.17) is 28.4 Å². The maximum Gasteiger partial charge on any atom is 0.323 e. The Morgan fingerprint density at radius 3 is 2.50 bits per heavy atom. The summed E-state index contributed by atoms with van der Waals surface area (Å²) in [6.07, 6.45) is 4.26. The van der Waals surface area contributed by atoms with Crippen LogP contribution in [0.25, 0.3) is 17.3 Å². The number of hydrogen-bond donors (Lipinski definition) is 4. The van der Waals surface area contributed by atoms with Gasteiger partial charge in [-0.25, -0.2) is 10.3 Å². The Labute approximate surface area is 182 Å². The molecule has 4 N–H and O–H groups in total. The first-order valence-corrected chi connectivity index (χ1v) is 9.42. The van der Waals surface area contributed by atoms with Gasteiger partial charge in [0.2, 0.25) is 0 Å². The van der Waals surface area contributed by atoms with Gasteiger partial charge in [0, 0.05) is 23.5 Å². The zero-order valence-corrected chi connectivity index (χ0v) is 16.9. The molecule has 3 aromatic rings. The minimum absolute atomic E-state index is 0.319. The van der Waals surface area contributed by atoms with Gasteiger partial charge in [-0.2, -0.15) is 0 Å². The average molecular weight is 443 g/mol. The summed E-state index contributed by atoms with van der Waals surface area (Å²) in [5.41, 5.74) is 4.32. The molecule has 0 spiro atoms. The van der Waals surface area contributed by atoms with Gasteiger partial charge in [-0.3, -0.25) is 15.0 Å². The van der Waals surface area contributed by atoms with Crippen LogP contribution in [-0.2, 0) is 4.79 Å². The number of carbonyl (C=O) groups is 2. The van der Waals surface area contributed by atoms with Gasteiger partial charge in [-0.1, -0.05) is 35.3 Å². The van der Waals surface area contributed by atoms with E-state index in [-0.39, 0.29) is 0 Å². The van der Waals surface area contributed by atoms with E-state index >= 15 is 0 Å². The van der Waals surface area contributed by atoms with Crippen molar-refractivity contribution >= 4 is 52.6 Å². The lowest BCUT2D eigenvalue weighted by atomic mass is 10.1. The molecule has 3 amide bonds. The van der Waals surface area contributed by atoms with Crippen LogP contribution in [0.4, 0.5) is 16.2 Å². The molecule has 0 aliphatic carbocycles. The third-order valence-corrected chi connectivity index (χ3v) is 4.60. The Balaban J connectivity index is 1.75. The van der Waals surface area contributed by atoms with Crippen LogP contribution >= 0.6 is 23.2 Å². The molecule has 30 heavy (non-hydrogen) atoms. The SMILES string of the molecule is O=C(/C=C/c1ccc(Cl)c(NC(=O)Nc2ccc(Cl)c(-c3ccccn3)c2)c1)NO. The lowest BCUT2D eigenvalue weighted by Gasteiger charge is -2.11. The fourth-order valence-corrected chi connectivity index (χ4v) is 2.94. The van der Waals surface area contributed by atoms with Crippen molar-refractivity contribution in [2.24, 2.45) is 0 Å². The second-order valence-corrected chi connectivity index (χ2v) is 6.85. The zero-order valence-electron chi connectivity index (χ0n) is 15.4. The van der Waals surface area contributed by atoms with Gasteiger partial charge in [-0.15, -0.1) is 0 Å². The molecule has 152 valence electrons. The number of urea groups is 1. The predicted octanol–water partition coefficient (Wildman–Crippen LogP) is 5.22. The molecule has 0 saturated heterocycles. The van der Waals surface area contributed by atoms with E-state index in [0.29, 0.717) is 38.2 Å². The van der Waals surface area contributed by atoms with Crippen molar-refractivity contribution in [2.75, 3.05) is 10.6 Å². The lowest BCUT2D eigenvalue weighted by Crippen LogP contribution is -2.19. The van der Waals surface area contributed by atoms with E-state index in [9.17, 15) is 9.59 Å². The minimum Gasteiger partial charge on any atom is -0.308 e. The number of amides is 3. The maximum atomic E-state index is 12.4. The predicted molar refractivity (Wildman–Crippen MR) is 118 cm³/mol. The molecule has 1 aromatic heterocycles. The smallest absolute Gasteiger partial charge is 0.308 e. The first-order chi connectivity index (χ1) is 14.5. The summed E-state index contributed by atoms with van der Waals surface area (Å²) in [5.74, 6) is -0.677. The van der Waals surface area contributed by atoms with Crippen molar-refractivity contribution in [2.45, 2.75) is 0 Å². The molecule has 3 rings (SSSR count). The number of halogens is 2. The van der Waals surface area contributed by atoms with E-state index in [1.165, 1.54) is 11.6 Å². The molecule has 9 heteroatoms. The number of carbonyl (C=O) groups excluding carboxylic acids is 2. The second-order valence-electron chi connectivity index (χ2n) is 6.04. The molecular formula is C21H16Cl2N4O3. The number of benzene rings is 2. The standard InChI is InChI=1S/C21H16Cl2N4O3/c22-16-8-6-14(12-15(16)18-3-1-2-10-24-18)25-21(29)26-19-11-13(4-7-17(19)23)5-9-20(28)27-30/h1-12,30H,(H,27,28)(H2,25,26,29)/b9-5+. The normalized spacial score (nSPS) is 10.6. The number of anilines is 2. The van der Waals surface area contributed by atoms with Crippen molar-refractivity contribution in [3.8, 4) is 11.3 Å². The molecule has 0 bridgehead atoms. The number of nitrogens with one attached hydrogen (secondary N) is 3.